The summed E-state index contributed by atoms with van der Waals surface area (Å²) in [6, 6.07) is 0.559. The summed E-state index contributed by atoms with van der Waals surface area (Å²) >= 11 is 0. The molecule has 0 aliphatic rings. The van der Waals surface area contributed by atoms with E-state index >= 15 is 0 Å². The number of rotatable bonds is 16. The van der Waals surface area contributed by atoms with Crippen LogP contribution in [0.5, 0.6) is 0 Å². The normalized spacial score (nSPS) is 13.6. The molecule has 0 rings (SSSR count). The lowest BCUT2D eigenvalue weighted by Crippen LogP contribution is -2.37. The highest BCUT2D eigenvalue weighted by Gasteiger charge is 2.38. The van der Waals surface area contributed by atoms with Gasteiger partial charge in [0, 0.05) is 18.6 Å². The van der Waals surface area contributed by atoms with Gasteiger partial charge in [0.15, 0.2) is 0 Å². The molecule has 0 aromatic rings. The van der Waals surface area contributed by atoms with Crippen molar-refractivity contribution < 1.29 is 27.0 Å². The maximum atomic E-state index is 12.1. The Hall–Kier alpha value is -0.950. The Morgan fingerprint density at radius 3 is 2.21 bits per heavy atom. The van der Waals surface area contributed by atoms with E-state index in [1.54, 1.807) is 6.08 Å². The second-order valence-electron chi connectivity index (χ2n) is 7.09. The van der Waals surface area contributed by atoms with Gasteiger partial charge in [0.2, 0.25) is 0 Å². The number of allylic oxidation sites excluding steroid dienone is 2. The molecule has 0 bridgehead atoms. The third-order valence-electron chi connectivity index (χ3n) is 3.82. The summed E-state index contributed by atoms with van der Waals surface area (Å²) in [5.74, 6) is -1.88. The Morgan fingerprint density at radius 2 is 1.66 bits per heavy atom. The minimum atomic E-state index is -4.81. The van der Waals surface area contributed by atoms with Crippen molar-refractivity contribution in [3.8, 4) is 0 Å². The van der Waals surface area contributed by atoms with E-state index in [1.165, 1.54) is 0 Å². The Bertz CT molecular complexity index is 478. The quantitative estimate of drug-likeness (QED) is 0.189. The fraction of sp³-hybridized carbons (Fsp3) is 0.750. The molecule has 0 fully saturated rings. The van der Waals surface area contributed by atoms with Crippen LogP contribution in [-0.4, -0.2) is 48.6 Å². The van der Waals surface area contributed by atoms with Crippen LogP contribution >= 0.6 is 8.53 Å². The van der Waals surface area contributed by atoms with Gasteiger partial charge in [-0.15, -0.1) is 0 Å². The van der Waals surface area contributed by atoms with Crippen LogP contribution in [0.1, 0.15) is 59.8 Å². The largest absolute Gasteiger partial charge is 0.471 e. The summed E-state index contributed by atoms with van der Waals surface area (Å²) in [6.07, 6.45) is 4.40. The Labute approximate surface area is 174 Å². The summed E-state index contributed by atoms with van der Waals surface area (Å²) in [4.78, 5) is 10.7. The monoisotopic (exact) mass is 440 g/mol. The Balaban J connectivity index is 4.22. The molecule has 29 heavy (non-hydrogen) atoms. The average molecular weight is 440 g/mol. The first-order valence-corrected chi connectivity index (χ1v) is 11.2. The molecule has 0 spiro atoms. The third kappa shape index (κ3) is 13.8. The zero-order chi connectivity index (χ0) is 22.3. The van der Waals surface area contributed by atoms with Crippen LogP contribution in [0.2, 0.25) is 0 Å². The molecule has 0 aliphatic carbocycles. The van der Waals surface area contributed by atoms with Crippen LogP contribution in [0.4, 0.5) is 13.2 Å². The van der Waals surface area contributed by atoms with Crippen LogP contribution in [0, 0.1) is 0 Å². The number of unbranched alkanes of at least 4 members (excludes halogenated alkanes) is 3. The minimum absolute atomic E-state index is 0.0295. The molecule has 170 valence electrons. The molecule has 1 atom stereocenters. The molecule has 1 N–H and O–H groups in total. The Morgan fingerprint density at radius 1 is 1.07 bits per heavy atom. The molecule has 0 aromatic carbocycles. The van der Waals surface area contributed by atoms with Crippen LogP contribution in [0.3, 0.4) is 0 Å². The molecular formula is C20H36F3N2O3P. The smallest absolute Gasteiger partial charge is 0.348 e. The second kappa shape index (κ2) is 15.8. The molecule has 5 nitrogen and oxygen atoms in total. The fourth-order valence-electron chi connectivity index (χ4n) is 2.56. The van der Waals surface area contributed by atoms with E-state index in [0.717, 1.165) is 25.7 Å². The van der Waals surface area contributed by atoms with Gasteiger partial charge < -0.3 is 14.4 Å². The molecule has 0 aromatic heterocycles. The number of hydrogen-bond acceptors (Lipinski definition) is 4. The molecule has 1 amide bonds. The molecule has 0 aliphatic heterocycles. The van der Waals surface area contributed by atoms with Gasteiger partial charge in [-0.3, -0.25) is 4.79 Å². The fourth-order valence-corrected chi connectivity index (χ4v) is 4.20. The van der Waals surface area contributed by atoms with E-state index in [1.807, 2.05) is 17.5 Å². The number of carbonyl (C=O) groups is 1. The van der Waals surface area contributed by atoms with E-state index in [0.29, 0.717) is 19.6 Å². The van der Waals surface area contributed by atoms with Crippen molar-refractivity contribution in [3.05, 3.63) is 24.8 Å². The lowest BCUT2D eigenvalue weighted by atomic mass is 10.2. The third-order valence-corrected chi connectivity index (χ3v) is 5.93. The van der Waals surface area contributed by atoms with Crippen molar-refractivity contribution in [1.29, 1.82) is 0 Å². The van der Waals surface area contributed by atoms with Gasteiger partial charge in [0.05, 0.1) is 13.2 Å². The van der Waals surface area contributed by atoms with Crippen molar-refractivity contribution in [3.63, 3.8) is 0 Å². The molecule has 0 heterocycles. The van der Waals surface area contributed by atoms with E-state index < -0.39 is 20.6 Å². The maximum Gasteiger partial charge on any atom is 0.471 e. The lowest BCUT2D eigenvalue weighted by molar-refractivity contribution is -0.173. The SMILES string of the molecule is C=CC=CCCOP(OCCCCCCNC(=O)C(F)(F)F)N(C(C)C)C(C)C. The zero-order valence-electron chi connectivity index (χ0n) is 18.0. The highest BCUT2D eigenvalue weighted by atomic mass is 31.2. The van der Waals surface area contributed by atoms with Crippen molar-refractivity contribution in [2.24, 2.45) is 0 Å². The summed E-state index contributed by atoms with van der Waals surface area (Å²) in [7, 11) is -1.18. The predicted molar refractivity (Wildman–Crippen MR) is 112 cm³/mol. The van der Waals surface area contributed by atoms with Gasteiger partial charge in [-0.1, -0.05) is 37.6 Å². The van der Waals surface area contributed by atoms with Crippen molar-refractivity contribution in [1.82, 2.24) is 9.99 Å². The van der Waals surface area contributed by atoms with Crippen LogP contribution in [0.15, 0.2) is 24.8 Å². The van der Waals surface area contributed by atoms with Gasteiger partial charge in [-0.05, 0) is 47.0 Å². The first-order chi connectivity index (χ1) is 13.6. The molecule has 0 radical (unpaired) electrons. The summed E-state index contributed by atoms with van der Waals surface area (Å²) < 4.78 is 50.5. The maximum absolute atomic E-state index is 12.1. The van der Waals surface area contributed by atoms with E-state index in [4.69, 9.17) is 9.05 Å². The van der Waals surface area contributed by atoms with Gasteiger partial charge in [-0.2, -0.15) is 13.2 Å². The topological polar surface area (TPSA) is 50.8 Å². The van der Waals surface area contributed by atoms with Crippen molar-refractivity contribution in [2.45, 2.75) is 78.1 Å². The highest BCUT2D eigenvalue weighted by molar-refractivity contribution is 7.44. The molecule has 0 saturated carbocycles. The molecule has 0 saturated heterocycles. The number of alkyl halides is 3. The number of carbonyl (C=O) groups excluding carboxylic acids is 1. The average Bonchev–Trinajstić information content (AvgIpc) is 2.61. The number of halogens is 3. The van der Waals surface area contributed by atoms with Gasteiger partial charge in [-0.25, -0.2) is 4.67 Å². The van der Waals surface area contributed by atoms with E-state index in [2.05, 4.69) is 38.9 Å². The number of nitrogens with one attached hydrogen (secondary N) is 1. The zero-order valence-corrected chi connectivity index (χ0v) is 18.9. The van der Waals surface area contributed by atoms with Crippen LogP contribution in [-0.2, 0) is 13.8 Å². The molecule has 9 heteroatoms. The first-order valence-electron chi connectivity index (χ1n) is 10.1. The number of nitrogens with zero attached hydrogens (tertiary/aromatic N) is 1. The Kier molecular flexibility index (Phi) is 15.3. The lowest BCUT2D eigenvalue weighted by Gasteiger charge is -2.35. The molecule has 1 unspecified atom stereocenters. The van der Waals surface area contributed by atoms with E-state index in [-0.39, 0.29) is 18.6 Å². The standard InChI is InChI=1S/C20H36F3N2O3P/c1-6-7-8-12-15-27-29(25(17(2)3)18(4)5)28-16-13-10-9-11-14-24-19(26)20(21,22)23/h6-8,17-18H,1,9-16H2,2-5H3,(H,24,26). The summed E-state index contributed by atoms with van der Waals surface area (Å²) in [5.41, 5.74) is 0. The second-order valence-corrected chi connectivity index (χ2v) is 8.55. The van der Waals surface area contributed by atoms with Crippen molar-refractivity contribution in [2.75, 3.05) is 19.8 Å². The van der Waals surface area contributed by atoms with Gasteiger partial charge in [0.25, 0.3) is 8.53 Å². The van der Waals surface area contributed by atoms with Gasteiger partial charge >= 0.3 is 12.1 Å². The van der Waals surface area contributed by atoms with Crippen LogP contribution in [0.25, 0.3) is 0 Å². The number of amides is 1. The number of hydrogen-bond donors (Lipinski definition) is 1. The van der Waals surface area contributed by atoms with Crippen LogP contribution < -0.4 is 5.32 Å². The van der Waals surface area contributed by atoms with Crippen molar-refractivity contribution >= 4 is 14.4 Å². The summed E-state index contributed by atoms with van der Waals surface area (Å²) in [5, 5.41) is 1.88. The summed E-state index contributed by atoms with van der Waals surface area (Å²) in [6.45, 7) is 13.2. The van der Waals surface area contributed by atoms with Gasteiger partial charge in [0.1, 0.15) is 0 Å². The minimum Gasteiger partial charge on any atom is -0.348 e. The highest BCUT2D eigenvalue weighted by Crippen LogP contribution is 2.46. The first kappa shape index (κ1) is 28.1. The predicted octanol–water partition coefficient (Wildman–Crippen LogP) is 5.74. The van der Waals surface area contributed by atoms with E-state index in [9.17, 15) is 18.0 Å². The molecular weight excluding hydrogens is 404 g/mol.